The van der Waals surface area contributed by atoms with E-state index in [0.717, 1.165) is 12.8 Å². The maximum Gasteiger partial charge on any atom is 0.459 e. The molecule has 1 heterocycles. The average molecular weight is 501 g/mol. The molecule has 4 aliphatic rings. The Labute approximate surface area is 214 Å². The van der Waals surface area contributed by atoms with Gasteiger partial charge in [-0.25, -0.2) is 9.59 Å². The summed E-state index contributed by atoms with van der Waals surface area (Å²) in [6.07, 6.45) is 2.51. The predicted octanol–water partition coefficient (Wildman–Crippen LogP) is 4.40. The molecule has 1 aliphatic heterocycles. The standard InChI is InChI=1S/C27H40BNO7/c1-24(2,3)34-23(32)26(6,7)33-22(31)17-11-9-10-16(21(17)30)18(29)14-28-35-20-13-15-12-19(25(15,4)5)27(20,8)36-28/h9-11,15,18-20,30H,12-14,29H2,1-8H3/t15-,18?,19-,20?,27-/m0/s1. The van der Waals surface area contributed by atoms with E-state index in [2.05, 4.69) is 20.8 Å². The van der Waals surface area contributed by atoms with Gasteiger partial charge in [-0.15, -0.1) is 0 Å². The number of ether oxygens (including phenoxy) is 2. The maximum atomic E-state index is 12.9. The van der Waals surface area contributed by atoms with Gasteiger partial charge in [-0.3, -0.25) is 0 Å². The molecule has 0 amide bonds. The summed E-state index contributed by atoms with van der Waals surface area (Å²) >= 11 is 0. The van der Waals surface area contributed by atoms with Crippen molar-refractivity contribution in [2.75, 3.05) is 0 Å². The molecule has 1 aromatic carbocycles. The molecular formula is C27H40BNO7. The minimum Gasteiger partial charge on any atom is -0.507 e. The third kappa shape index (κ3) is 4.66. The minimum absolute atomic E-state index is 0.0384. The molecule has 36 heavy (non-hydrogen) atoms. The van der Waals surface area contributed by atoms with E-state index in [9.17, 15) is 14.7 Å². The molecule has 0 aromatic heterocycles. The van der Waals surface area contributed by atoms with Crippen molar-refractivity contribution in [1.29, 1.82) is 0 Å². The monoisotopic (exact) mass is 501 g/mol. The number of phenols is 1. The molecule has 3 saturated carbocycles. The second-order valence-electron chi connectivity index (χ2n) is 12.9. The van der Waals surface area contributed by atoms with Gasteiger partial charge in [0, 0.05) is 17.9 Å². The molecule has 198 valence electrons. The lowest BCUT2D eigenvalue weighted by Crippen LogP contribution is -2.65. The van der Waals surface area contributed by atoms with Crippen LogP contribution < -0.4 is 5.73 Å². The van der Waals surface area contributed by atoms with E-state index >= 15 is 0 Å². The Hall–Kier alpha value is -2.10. The lowest BCUT2D eigenvalue weighted by atomic mass is 9.43. The molecule has 5 rings (SSSR count). The highest BCUT2D eigenvalue weighted by molar-refractivity contribution is 6.45. The molecule has 0 spiro atoms. The second-order valence-corrected chi connectivity index (χ2v) is 12.9. The quantitative estimate of drug-likeness (QED) is 0.435. The summed E-state index contributed by atoms with van der Waals surface area (Å²) in [5.41, 5.74) is 4.41. The molecule has 0 radical (unpaired) electrons. The van der Waals surface area contributed by atoms with Crippen LogP contribution in [-0.2, 0) is 23.6 Å². The zero-order valence-corrected chi connectivity index (χ0v) is 22.7. The molecule has 9 heteroatoms. The summed E-state index contributed by atoms with van der Waals surface area (Å²) in [6.45, 7) is 14.9. The number of benzene rings is 1. The molecule has 8 nitrogen and oxygen atoms in total. The van der Waals surface area contributed by atoms with Crippen LogP contribution in [0.4, 0.5) is 0 Å². The van der Waals surface area contributed by atoms with Crippen molar-refractivity contribution in [2.45, 2.75) is 104 Å². The number of hydrogen-bond acceptors (Lipinski definition) is 8. The van der Waals surface area contributed by atoms with E-state index in [1.54, 1.807) is 32.9 Å². The van der Waals surface area contributed by atoms with Crippen molar-refractivity contribution in [3.05, 3.63) is 29.3 Å². The van der Waals surface area contributed by atoms with Gasteiger partial charge in [-0.05, 0) is 77.7 Å². The van der Waals surface area contributed by atoms with Crippen molar-refractivity contribution in [3.8, 4) is 5.75 Å². The van der Waals surface area contributed by atoms with Crippen molar-refractivity contribution in [2.24, 2.45) is 23.0 Å². The molecule has 2 unspecified atom stereocenters. The van der Waals surface area contributed by atoms with Crippen LogP contribution in [0, 0.1) is 17.3 Å². The van der Waals surface area contributed by atoms with Crippen LogP contribution in [0.1, 0.15) is 90.2 Å². The Kier molecular flexibility index (Phi) is 6.54. The first-order chi connectivity index (χ1) is 16.5. The van der Waals surface area contributed by atoms with Crippen molar-refractivity contribution in [3.63, 3.8) is 0 Å². The highest BCUT2D eigenvalue weighted by Crippen LogP contribution is 2.65. The molecule has 1 aromatic rings. The Balaban J connectivity index is 1.44. The summed E-state index contributed by atoms with van der Waals surface area (Å²) in [5, 5.41) is 10.9. The van der Waals surface area contributed by atoms with Crippen molar-refractivity contribution in [1.82, 2.24) is 0 Å². The minimum atomic E-state index is -1.54. The van der Waals surface area contributed by atoms with Gasteiger partial charge >= 0.3 is 19.1 Å². The number of para-hydroxylation sites is 1. The lowest BCUT2D eigenvalue weighted by molar-refractivity contribution is -0.199. The first-order valence-corrected chi connectivity index (χ1v) is 12.8. The number of rotatable bonds is 6. The first kappa shape index (κ1) is 27.0. The summed E-state index contributed by atoms with van der Waals surface area (Å²) < 4.78 is 23.5. The zero-order valence-electron chi connectivity index (χ0n) is 22.7. The van der Waals surface area contributed by atoms with Crippen LogP contribution in [0.15, 0.2) is 18.2 Å². The van der Waals surface area contributed by atoms with Crippen molar-refractivity contribution < 1.29 is 33.5 Å². The van der Waals surface area contributed by atoms with Gasteiger partial charge in [0.2, 0.25) is 5.60 Å². The average Bonchev–Trinajstić information content (AvgIpc) is 3.07. The fraction of sp³-hybridized carbons (Fsp3) is 0.704. The number of esters is 2. The summed E-state index contributed by atoms with van der Waals surface area (Å²) in [4.78, 5) is 25.4. The fourth-order valence-corrected chi connectivity index (χ4v) is 6.14. The highest BCUT2D eigenvalue weighted by Gasteiger charge is 2.67. The molecule has 3 N–H and O–H groups in total. The maximum absolute atomic E-state index is 12.9. The van der Waals surface area contributed by atoms with Gasteiger partial charge in [-0.2, -0.15) is 0 Å². The molecule has 5 atom stereocenters. The van der Waals surface area contributed by atoms with E-state index in [1.807, 2.05) is 0 Å². The smallest absolute Gasteiger partial charge is 0.459 e. The Morgan fingerprint density at radius 1 is 1.17 bits per heavy atom. The van der Waals surface area contributed by atoms with Gasteiger partial charge in [0.15, 0.2) is 0 Å². The van der Waals surface area contributed by atoms with Crippen molar-refractivity contribution >= 4 is 19.1 Å². The number of phenolic OH excluding ortho intramolecular Hbond substituents is 1. The highest BCUT2D eigenvalue weighted by atomic mass is 16.7. The van der Waals surface area contributed by atoms with Crippen LogP contribution in [0.2, 0.25) is 6.32 Å². The van der Waals surface area contributed by atoms with Gasteiger partial charge in [0.1, 0.15) is 16.9 Å². The van der Waals surface area contributed by atoms with Gasteiger partial charge < -0.3 is 29.6 Å². The molecular weight excluding hydrogens is 461 g/mol. The normalized spacial score (nSPS) is 29.7. The van der Waals surface area contributed by atoms with E-state index in [1.165, 1.54) is 19.9 Å². The summed E-state index contributed by atoms with van der Waals surface area (Å²) in [6, 6.07) is 4.10. The van der Waals surface area contributed by atoms with Crippen LogP contribution in [-0.4, -0.2) is 47.1 Å². The predicted molar refractivity (Wildman–Crippen MR) is 135 cm³/mol. The van der Waals surface area contributed by atoms with Gasteiger partial charge in [0.25, 0.3) is 0 Å². The molecule has 3 aliphatic carbocycles. The van der Waals surface area contributed by atoms with E-state index in [-0.39, 0.29) is 28.4 Å². The molecule has 1 saturated heterocycles. The Bertz CT molecular complexity index is 1050. The van der Waals surface area contributed by atoms with Gasteiger partial charge in [-0.1, -0.05) is 26.0 Å². The molecule has 2 bridgehead atoms. The second kappa shape index (κ2) is 8.74. The topological polar surface area (TPSA) is 117 Å². The lowest BCUT2D eigenvalue weighted by Gasteiger charge is -2.64. The first-order valence-electron chi connectivity index (χ1n) is 12.8. The third-order valence-corrected chi connectivity index (χ3v) is 8.37. The van der Waals surface area contributed by atoms with Crippen LogP contribution >= 0.6 is 0 Å². The fourth-order valence-electron chi connectivity index (χ4n) is 6.14. The van der Waals surface area contributed by atoms with E-state index in [0.29, 0.717) is 23.7 Å². The Morgan fingerprint density at radius 3 is 2.44 bits per heavy atom. The number of aromatic hydroxyl groups is 1. The number of nitrogens with two attached hydrogens (primary N) is 1. The number of carbonyl (C=O) groups is 2. The van der Waals surface area contributed by atoms with Crippen LogP contribution in [0.3, 0.4) is 0 Å². The van der Waals surface area contributed by atoms with E-state index in [4.69, 9.17) is 24.5 Å². The van der Waals surface area contributed by atoms with Gasteiger partial charge in [0.05, 0.1) is 11.7 Å². The third-order valence-electron chi connectivity index (χ3n) is 8.37. The van der Waals surface area contributed by atoms with Crippen LogP contribution in [0.5, 0.6) is 5.75 Å². The van der Waals surface area contributed by atoms with Crippen LogP contribution in [0.25, 0.3) is 0 Å². The largest absolute Gasteiger partial charge is 0.507 e. The zero-order chi connectivity index (χ0) is 26.8. The van der Waals surface area contributed by atoms with E-state index < -0.39 is 36.3 Å². The number of carbonyl (C=O) groups excluding carboxylic acids is 2. The SMILES string of the molecule is CC(C)(C)OC(=O)C(C)(C)OC(=O)c1cccc(C(N)CB2OC3C[C@@H]4C[C@@H](C4(C)C)[C@]3(C)O2)c1O. The molecule has 4 fully saturated rings. The Morgan fingerprint density at radius 2 is 1.83 bits per heavy atom. The summed E-state index contributed by atoms with van der Waals surface area (Å²) in [7, 11) is -0.494. The summed E-state index contributed by atoms with van der Waals surface area (Å²) in [5.74, 6) is -0.711. The number of hydrogen-bond donors (Lipinski definition) is 2.